The number of carbonyl (C=O) groups excluding carboxylic acids is 1. The highest BCUT2D eigenvalue weighted by molar-refractivity contribution is 9.10. The maximum absolute atomic E-state index is 12.5. The van der Waals surface area contributed by atoms with E-state index in [2.05, 4.69) is 26.5 Å². The highest BCUT2D eigenvalue weighted by Gasteiger charge is 2.13. The second kappa shape index (κ2) is 12.1. The van der Waals surface area contributed by atoms with Crippen LogP contribution in [0.2, 0.25) is 0 Å². The van der Waals surface area contributed by atoms with Gasteiger partial charge in [-0.1, -0.05) is 0 Å². The zero-order valence-corrected chi connectivity index (χ0v) is 19.2. The standard InChI is InChI=1S/C22H27BrN2O5/c1-5-27-18-10-9-16(13-19(18)28-6-2)22(26)25-24-14-15-11-17(23)21(30-8-4)20(12-15)29-7-3/h9-14H,5-8H2,1-4H3,(H,25,26)/b24-14+. The van der Waals surface area contributed by atoms with Crippen molar-refractivity contribution >= 4 is 28.1 Å². The third kappa shape index (κ3) is 6.38. The molecule has 0 fully saturated rings. The fraction of sp³-hybridized carbons (Fsp3) is 0.364. The molecule has 0 radical (unpaired) electrons. The Hall–Kier alpha value is -2.74. The highest BCUT2D eigenvalue weighted by Crippen LogP contribution is 2.36. The zero-order chi connectivity index (χ0) is 21.9. The molecule has 1 N–H and O–H groups in total. The normalized spacial score (nSPS) is 10.7. The zero-order valence-electron chi connectivity index (χ0n) is 17.7. The average Bonchev–Trinajstić information content (AvgIpc) is 2.72. The molecule has 0 spiro atoms. The van der Waals surface area contributed by atoms with Crippen molar-refractivity contribution in [2.24, 2.45) is 5.10 Å². The maximum atomic E-state index is 12.5. The summed E-state index contributed by atoms with van der Waals surface area (Å²) in [6.07, 6.45) is 1.54. The van der Waals surface area contributed by atoms with Crippen molar-refractivity contribution in [3.63, 3.8) is 0 Å². The number of halogens is 1. The van der Waals surface area contributed by atoms with Crippen LogP contribution in [0, 0.1) is 0 Å². The summed E-state index contributed by atoms with van der Waals surface area (Å²) in [7, 11) is 0. The van der Waals surface area contributed by atoms with E-state index in [9.17, 15) is 4.79 Å². The van der Waals surface area contributed by atoms with Crippen molar-refractivity contribution in [3.8, 4) is 23.0 Å². The van der Waals surface area contributed by atoms with Gasteiger partial charge in [0.2, 0.25) is 0 Å². The van der Waals surface area contributed by atoms with Crippen molar-refractivity contribution in [2.45, 2.75) is 27.7 Å². The molecule has 0 atom stereocenters. The lowest BCUT2D eigenvalue weighted by molar-refractivity contribution is 0.0954. The number of hydrazone groups is 1. The van der Waals surface area contributed by atoms with Crippen molar-refractivity contribution in [2.75, 3.05) is 26.4 Å². The quantitative estimate of drug-likeness (QED) is 0.370. The Morgan fingerprint density at radius 2 is 1.53 bits per heavy atom. The summed E-state index contributed by atoms with van der Waals surface area (Å²) in [6, 6.07) is 8.66. The van der Waals surface area contributed by atoms with E-state index < -0.39 is 0 Å². The molecule has 162 valence electrons. The van der Waals surface area contributed by atoms with Crippen LogP contribution >= 0.6 is 15.9 Å². The minimum absolute atomic E-state index is 0.356. The van der Waals surface area contributed by atoms with Crippen molar-refractivity contribution in [3.05, 3.63) is 45.9 Å². The molecule has 0 saturated heterocycles. The molecule has 2 rings (SSSR count). The molecule has 0 aliphatic heterocycles. The monoisotopic (exact) mass is 478 g/mol. The van der Waals surface area contributed by atoms with Gasteiger partial charge in [0.15, 0.2) is 23.0 Å². The first-order valence-corrected chi connectivity index (χ1v) is 10.6. The molecular weight excluding hydrogens is 452 g/mol. The number of nitrogens with one attached hydrogen (secondary N) is 1. The number of nitrogens with zero attached hydrogens (tertiary/aromatic N) is 1. The van der Waals surface area contributed by atoms with Gasteiger partial charge < -0.3 is 18.9 Å². The first kappa shape index (κ1) is 23.5. The van der Waals surface area contributed by atoms with Gasteiger partial charge >= 0.3 is 0 Å². The van der Waals surface area contributed by atoms with E-state index in [4.69, 9.17) is 18.9 Å². The number of amides is 1. The maximum Gasteiger partial charge on any atom is 0.271 e. The van der Waals surface area contributed by atoms with E-state index in [1.807, 2.05) is 33.8 Å². The number of ether oxygens (including phenoxy) is 4. The molecule has 1 amide bonds. The largest absolute Gasteiger partial charge is 0.490 e. The summed E-state index contributed by atoms with van der Waals surface area (Å²) in [5.41, 5.74) is 3.69. The van der Waals surface area contributed by atoms with E-state index in [-0.39, 0.29) is 5.91 Å². The number of rotatable bonds is 11. The Bertz CT molecular complexity index is 886. The van der Waals surface area contributed by atoms with Gasteiger partial charge in [-0.25, -0.2) is 5.43 Å². The summed E-state index contributed by atoms with van der Waals surface area (Å²) in [4.78, 5) is 12.5. The van der Waals surface area contributed by atoms with Gasteiger partial charge in [0.05, 0.1) is 37.1 Å². The topological polar surface area (TPSA) is 78.4 Å². The van der Waals surface area contributed by atoms with Crippen LogP contribution in [0.4, 0.5) is 0 Å². The van der Waals surface area contributed by atoms with Crippen LogP contribution in [0.5, 0.6) is 23.0 Å². The Morgan fingerprint density at radius 1 is 0.900 bits per heavy atom. The molecule has 8 heteroatoms. The number of hydrogen-bond acceptors (Lipinski definition) is 6. The van der Waals surface area contributed by atoms with Gasteiger partial charge in [-0.15, -0.1) is 0 Å². The lowest BCUT2D eigenvalue weighted by Crippen LogP contribution is -2.17. The van der Waals surface area contributed by atoms with Crippen LogP contribution in [0.15, 0.2) is 39.9 Å². The Labute approximate surface area is 185 Å². The minimum Gasteiger partial charge on any atom is -0.490 e. The van der Waals surface area contributed by atoms with Gasteiger partial charge in [-0.2, -0.15) is 5.10 Å². The van der Waals surface area contributed by atoms with Gasteiger partial charge in [0.25, 0.3) is 5.91 Å². The fourth-order valence-electron chi connectivity index (χ4n) is 2.63. The van der Waals surface area contributed by atoms with Crippen molar-refractivity contribution in [1.82, 2.24) is 5.43 Å². The van der Waals surface area contributed by atoms with Crippen LogP contribution in [0.25, 0.3) is 0 Å². The number of benzene rings is 2. The molecule has 0 aromatic heterocycles. The van der Waals surface area contributed by atoms with E-state index in [1.54, 1.807) is 30.5 Å². The van der Waals surface area contributed by atoms with E-state index in [0.717, 1.165) is 10.0 Å². The first-order valence-electron chi connectivity index (χ1n) is 9.86. The predicted octanol–water partition coefficient (Wildman–Crippen LogP) is 4.81. The van der Waals surface area contributed by atoms with Crippen LogP contribution in [-0.4, -0.2) is 38.5 Å². The summed E-state index contributed by atoms with van der Waals surface area (Å²) >= 11 is 3.49. The van der Waals surface area contributed by atoms with Crippen LogP contribution in [0.3, 0.4) is 0 Å². The van der Waals surface area contributed by atoms with E-state index in [1.165, 1.54) is 0 Å². The third-order valence-electron chi connectivity index (χ3n) is 3.81. The summed E-state index contributed by atoms with van der Waals surface area (Å²) in [5, 5.41) is 4.06. The first-order chi connectivity index (χ1) is 14.5. The lowest BCUT2D eigenvalue weighted by Gasteiger charge is -2.13. The Morgan fingerprint density at radius 3 is 2.20 bits per heavy atom. The van der Waals surface area contributed by atoms with Gasteiger partial charge in [-0.3, -0.25) is 4.79 Å². The number of carbonyl (C=O) groups is 1. The molecule has 0 heterocycles. The van der Waals surface area contributed by atoms with E-state index >= 15 is 0 Å². The van der Waals surface area contributed by atoms with Crippen molar-refractivity contribution in [1.29, 1.82) is 0 Å². The minimum atomic E-state index is -0.356. The molecular formula is C22H27BrN2O5. The van der Waals surface area contributed by atoms with Crippen molar-refractivity contribution < 1.29 is 23.7 Å². The summed E-state index contributed by atoms with van der Waals surface area (Å²) in [6.45, 7) is 9.58. The second-order valence-electron chi connectivity index (χ2n) is 5.92. The molecule has 0 aliphatic rings. The van der Waals surface area contributed by atoms with Crippen LogP contribution < -0.4 is 24.4 Å². The average molecular weight is 479 g/mol. The van der Waals surface area contributed by atoms with Gasteiger partial charge in [0, 0.05) is 5.56 Å². The Balaban J connectivity index is 2.14. The second-order valence-corrected chi connectivity index (χ2v) is 6.78. The predicted molar refractivity (Wildman–Crippen MR) is 120 cm³/mol. The molecule has 7 nitrogen and oxygen atoms in total. The highest BCUT2D eigenvalue weighted by atomic mass is 79.9. The summed E-state index contributed by atoms with van der Waals surface area (Å²) in [5.74, 6) is 2.01. The van der Waals surface area contributed by atoms with Crippen LogP contribution in [0.1, 0.15) is 43.6 Å². The Kier molecular flexibility index (Phi) is 9.47. The summed E-state index contributed by atoms with van der Waals surface area (Å²) < 4.78 is 23.1. The molecule has 0 bridgehead atoms. The third-order valence-corrected chi connectivity index (χ3v) is 4.39. The van der Waals surface area contributed by atoms with Gasteiger partial charge in [0.1, 0.15) is 0 Å². The number of hydrogen-bond donors (Lipinski definition) is 1. The molecule has 0 aliphatic carbocycles. The van der Waals surface area contributed by atoms with E-state index in [0.29, 0.717) is 55.0 Å². The fourth-order valence-corrected chi connectivity index (χ4v) is 3.21. The lowest BCUT2D eigenvalue weighted by atomic mass is 10.2. The van der Waals surface area contributed by atoms with Gasteiger partial charge in [-0.05, 0) is 79.5 Å². The SMILES string of the molecule is CCOc1ccc(C(=O)N/N=C/c2cc(Br)c(OCC)c(OCC)c2)cc1OCC. The van der Waals surface area contributed by atoms with Crippen LogP contribution in [-0.2, 0) is 0 Å². The molecule has 2 aromatic carbocycles. The molecule has 0 saturated carbocycles. The molecule has 2 aromatic rings. The smallest absolute Gasteiger partial charge is 0.271 e. The molecule has 30 heavy (non-hydrogen) atoms. The molecule has 0 unspecified atom stereocenters.